The van der Waals surface area contributed by atoms with E-state index in [0.29, 0.717) is 29.5 Å². The van der Waals surface area contributed by atoms with Crippen molar-refractivity contribution in [3.8, 4) is 22.8 Å². The van der Waals surface area contributed by atoms with Gasteiger partial charge in [-0.25, -0.2) is 0 Å². The Balaban J connectivity index is 1.17. The second kappa shape index (κ2) is 7.35. The largest absolute Gasteiger partial charge is 0.454 e. The Labute approximate surface area is 166 Å². The van der Waals surface area contributed by atoms with E-state index in [4.69, 9.17) is 14.0 Å². The number of nitrogens with one attached hydrogen (secondary N) is 2. The van der Waals surface area contributed by atoms with Crippen LogP contribution in [0.15, 0.2) is 59.3 Å². The summed E-state index contributed by atoms with van der Waals surface area (Å²) in [5, 5.41) is 8.14. The van der Waals surface area contributed by atoms with Gasteiger partial charge in [0.15, 0.2) is 17.3 Å². The van der Waals surface area contributed by atoms with Crippen LogP contribution in [-0.2, 0) is 17.6 Å². The van der Waals surface area contributed by atoms with Crippen LogP contribution in [0.1, 0.15) is 11.3 Å². The fraction of sp³-hybridized carbons (Fsp3) is 0.182. The number of nitrogens with zero attached hydrogens (tertiary/aromatic N) is 1. The number of hydrogen-bond acceptors (Lipinski definition) is 5. The number of H-pyrrole nitrogens is 1. The number of para-hydroxylation sites is 1. The minimum absolute atomic E-state index is 0.0876. The van der Waals surface area contributed by atoms with Crippen LogP contribution in [0.4, 0.5) is 0 Å². The van der Waals surface area contributed by atoms with Crippen molar-refractivity contribution in [2.45, 2.75) is 12.8 Å². The molecule has 0 bridgehead atoms. The number of hydrogen-bond donors (Lipinski definition) is 2. The minimum atomic E-state index is -0.0876. The van der Waals surface area contributed by atoms with E-state index in [1.807, 2.05) is 42.6 Å². The quantitative estimate of drug-likeness (QED) is 0.527. The van der Waals surface area contributed by atoms with Crippen molar-refractivity contribution in [1.29, 1.82) is 0 Å². The Morgan fingerprint density at radius 1 is 1.10 bits per heavy atom. The Hall–Kier alpha value is -3.74. The number of amides is 1. The Morgan fingerprint density at radius 3 is 2.97 bits per heavy atom. The van der Waals surface area contributed by atoms with Crippen molar-refractivity contribution >= 4 is 16.8 Å². The molecule has 29 heavy (non-hydrogen) atoms. The highest BCUT2D eigenvalue weighted by molar-refractivity contribution is 5.83. The van der Waals surface area contributed by atoms with E-state index in [0.717, 1.165) is 17.5 Å². The fourth-order valence-corrected chi connectivity index (χ4v) is 3.48. The van der Waals surface area contributed by atoms with Gasteiger partial charge in [-0.2, -0.15) is 0 Å². The molecular weight excluding hydrogens is 370 g/mol. The molecule has 7 nitrogen and oxygen atoms in total. The minimum Gasteiger partial charge on any atom is -0.454 e. The third kappa shape index (κ3) is 3.54. The van der Waals surface area contributed by atoms with Gasteiger partial charge in [-0.1, -0.05) is 23.4 Å². The van der Waals surface area contributed by atoms with E-state index < -0.39 is 0 Å². The molecule has 0 fully saturated rings. The SMILES string of the molecule is O=C(Cc1cc(-c2ccc3c(c2)OCO3)on1)NCCc1c[nH]c2ccccc12. The molecule has 2 aromatic carbocycles. The van der Waals surface area contributed by atoms with Crippen molar-refractivity contribution in [2.75, 3.05) is 13.3 Å². The first kappa shape index (κ1) is 17.4. The number of fused-ring (bicyclic) bond motifs is 2. The summed E-state index contributed by atoms with van der Waals surface area (Å²) in [5.41, 5.74) is 3.70. The summed E-state index contributed by atoms with van der Waals surface area (Å²) >= 11 is 0. The van der Waals surface area contributed by atoms with Gasteiger partial charge < -0.3 is 24.3 Å². The second-order valence-electron chi connectivity index (χ2n) is 6.89. The third-order valence-electron chi connectivity index (χ3n) is 4.95. The summed E-state index contributed by atoms with van der Waals surface area (Å²) in [5.74, 6) is 1.89. The zero-order chi connectivity index (χ0) is 19.6. The summed E-state index contributed by atoms with van der Waals surface area (Å²) in [6.07, 6.45) is 2.92. The van der Waals surface area contributed by atoms with Gasteiger partial charge in [-0.3, -0.25) is 4.79 Å². The Kier molecular flexibility index (Phi) is 4.40. The van der Waals surface area contributed by atoms with E-state index in [1.165, 1.54) is 10.9 Å². The fourth-order valence-electron chi connectivity index (χ4n) is 3.48. The number of aromatic amines is 1. The molecule has 0 atom stereocenters. The molecule has 0 spiro atoms. The maximum atomic E-state index is 12.3. The van der Waals surface area contributed by atoms with Gasteiger partial charge in [0.05, 0.1) is 12.1 Å². The molecule has 1 aliphatic rings. The molecule has 4 aromatic rings. The summed E-state index contributed by atoms with van der Waals surface area (Å²) in [6.45, 7) is 0.784. The highest BCUT2D eigenvalue weighted by Gasteiger charge is 2.16. The molecule has 1 aliphatic heterocycles. The van der Waals surface area contributed by atoms with E-state index >= 15 is 0 Å². The average Bonchev–Trinajstić information content (AvgIpc) is 3.47. The molecule has 1 amide bonds. The highest BCUT2D eigenvalue weighted by Crippen LogP contribution is 2.36. The predicted molar refractivity (Wildman–Crippen MR) is 107 cm³/mol. The number of carbonyl (C=O) groups excluding carboxylic acids is 1. The second-order valence-corrected chi connectivity index (χ2v) is 6.89. The summed E-state index contributed by atoms with van der Waals surface area (Å²) in [6, 6.07) is 15.5. The van der Waals surface area contributed by atoms with E-state index in [9.17, 15) is 4.79 Å². The van der Waals surface area contributed by atoms with Gasteiger partial charge in [0.25, 0.3) is 0 Å². The molecule has 3 heterocycles. The van der Waals surface area contributed by atoms with Gasteiger partial charge in [-0.05, 0) is 36.2 Å². The molecule has 0 radical (unpaired) electrons. The van der Waals surface area contributed by atoms with Crippen LogP contribution in [0.2, 0.25) is 0 Å². The van der Waals surface area contributed by atoms with Gasteiger partial charge in [0.2, 0.25) is 12.7 Å². The number of rotatable bonds is 6. The lowest BCUT2D eigenvalue weighted by Gasteiger charge is -2.03. The zero-order valence-corrected chi connectivity index (χ0v) is 15.6. The van der Waals surface area contributed by atoms with Crippen molar-refractivity contribution in [3.63, 3.8) is 0 Å². The standard InChI is InChI=1S/C22H19N3O4/c26-22(23-8-7-15-12-24-18-4-2-1-3-17(15)18)11-16-10-20(29-25-16)14-5-6-19-21(9-14)28-13-27-19/h1-6,9-10,12,24H,7-8,11,13H2,(H,23,26). The van der Waals surface area contributed by atoms with Gasteiger partial charge >= 0.3 is 0 Å². The lowest BCUT2D eigenvalue weighted by molar-refractivity contribution is -0.120. The summed E-state index contributed by atoms with van der Waals surface area (Å²) in [7, 11) is 0. The first-order valence-electron chi connectivity index (χ1n) is 9.43. The molecule has 0 unspecified atom stereocenters. The summed E-state index contributed by atoms with van der Waals surface area (Å²) in [4.78, 5) is 15.5. The van der Waals surface area contributed by atoms with Crippen LogP contribution in [0.25, 0.3) is 22.2 Å². The summed E-state index contributed by atoms with van der Waals surface area (Å²) < 4.78 is 16.1. The van der Waals surface area contributed by atoms with Gasteiger partial charge in [-0.15, -0.1) is 0 Å². The monoisotopic (exact) mass is 389 g/mol. The Morgan fingerprint density at radius 2 is 2.00 bits per heavy atom. The third-order valence-corrected chi connectivity index (χ3v) is 4.95. The van der Waals surface area contributed by atoms with Crippen LogP contribution < -0.4 is 14.8 Å². The van der Waals surface area contributed by atoms with Gasteiger partial charge in [0.1, 0.15) is 0 Å². The van der Waals surface area contributed by atoms with Gasteiger partial charge in [0, 0.05) is 35.3 Å². The molecule has 7 heteroatoms. The first-order valence-corrected chi connectivity index (χ1v) is 9.43. The van der Waals surface area contributed by atoms with Crippen LogP contribution in [0.3, 0.4) is 0 Å². The lowest BCUT2D eigenvalue weighted by Crippen LogP contribution is -2.27. The molecule has 146 valence electrons. The smallest absolute Gasteiger partial charge is 0.231 e. The molecule has 0 saturated heterocycles. The average molecular weight is 389 g/mol. The topological polar surface area (TPSA) is 89.4 Å². The number of ether oxygens (including phenoxy) is 2. The normalized spacial score (nSPS) is 12.4. The number of carbonyl (C=O) groups is 1. The molecule has 2 N–H and O–H groups in total. The van der Waals surface area contributed by atoms with Crippen LogP contribution in [0.5, 0.6) is 11.5 Å². The van der Waals surface area contributed by atoms with E-state index in [2.05, 4.69) is 21.5 Å². The lowest BCUT2D eigenvalue weighted by atomic mass is 10.1. The van der Waals surface area contributed by atoms with Crippen molar-refractivity contribution < 1.29 is 18.8 Å². The molecular formula is C22H19N3O4. The number of aromatic nitrogens is 2. The van der Waals surface area contributed by atoms with Crippen molar-refractivity contribution in [2.24, 2.45) is 0 Å². The van der Waals surface area contributed by atoms with Crippen LogP contribution in [0, 0.1) is 0 Å². The molecule has 2 aromatic heterocycles. The molecule has 0 aliphatic carbocycles. The van der Waals surface area contributed by atoms with Crippen molar-refractivity contribution in [1.82, 2.24) is 15.5 Å². The van der Waals surface area contributed by atoms with Crippen molar-refractivity contribution in [3.05, 3.63) is 66.0 Å². The predicted octanol–water partition coefficient (Wildman–Crippen LogP) is 3.45. The number of benzene rings is 2. The first-order chi connectivity index (χ1) is 14.3. The maximum absolute atomic E-state index is 12.3. The van der Waals surface area contributed by atoms with Crippen LogP contribution >= 0.6 is 0 Å². The zero-order valence-electron chi connectivity index (χ0n) is 15.6. The Bertz CT molecular complexity index is 1180. The van der Waals surface area contributed by atoms with E-state index in [-0.39, 0.29) is 19.1 Å². The maximum Gasteiger partial charge on any atom is 0.231 e. The van der Waals surface area contributed by atoms with Crippen LogP contribution in [-0.4, -0.2) is 29.4 Å². The molecule has 0 saturated carbocycles. The highest BCUT2D eigenvalue weighted by atomic mass is 16.7. The molecule has 5 rings (SSSR count). The van der Waals surface area contributed by atoms with E-state index in [1.54, 1.807) is 6.07 Å².